The first-order chi connectivity index (χ1) is 18.2. The number of benzene rings is 3. The summed E-state index contributed by atoms with van der Waals surface area (Å²) < 4.78 is 28.3. The molecule has 1 unspecified atom stereocenters. The molecule has 8 nitrogen and oxygen atoms in total. The topological polar surface area (TPSA) is 113 Å². The lowest BCUT2D eigenvalue weighted by Crippen LogP contribution is -2.53. The minimum Gasteiger partial charge on any atom is -0.349 e. The lowest BCUT2D eigenvalue weighted by molar-refractivity contribution is -0.140. The van der Waals surface area contributed by atoms with Gasteiger partial charge in [-0.05, 0) is 41.3 Å². The Morgan fingerprint density at radius 3 is 2.32 bits per heavy atom. The van der Waals surface area contributed by atoms with E-state index in [1.165, 1.54) is 23.1 Å². The summed E-state index contributed by atoms with van der Waals surface area (Å²) in [5.74, 6) is -0.914. The van der Waals surface area contributed by atoms with Crippen LogP contribution in [0, 0.1) is 0 Å². The molecule has 0 saturated carbocycles. The summed E-state index contributed by atoms with van der Waals surface area (Å²) in [5.41, 5.74) is 8.40. The van der Waals surface area contributed by atoms with Gasteiger partial charge in [0.05, 0.1) is 14.9 Å². The van der Waals surface area contributed by atoms with Crippen molar-refractivity contribution in [3.63, 3.8) is 0 Å². The van der Waals surface area contributed by atoms with Gasteiger partial charge >= 0.3 is 0 Å². The summed E-state index contributed by atoms with van der Waals surface area (Å²) >= 11 is 12.1. The van der Waals surface area contributed by atoms with Crippen LogP contribution in [-0.4, -0.2) is 48.7 Å². The summed E-state index contributed by atoms with van der Waals surface area (Å²) in [7, 11) is -4.18. The van der Waals surface area contributed by atoms with Gasteiger partial charge in [-0.1, -0.05) is 77.8 Å². The van der Waals surface area contributed by atoms with E-state index < -0.39 is 22.1 Å². The molecule has 3 aromatic carbocycles. The minimum atomic E-state index is -4.18. The van der Waals surface area contributed by atoms with Crippen LogP contribution in [0.2, 0.25) is 10.0 Å². The molecule has 3 aromatic rings. The first kappa shape index (κ1) is 28.1. The second kappa shape index (κ2) is 12.3. The SMILES string of the molecule is NCc1cccc(CNC(=O)C2N(C(=O)CCc3ccccc3)CCN2S(=O)(=O)c2ccc(Cl)c(Cl)c2)c1. The van der Waals surface area contributed by atoms with Crippen LogP contribution in [0.1, 0.15) is 23.1 Å². The second-order valence-corrected chi connectivity index (χ2v) is 11.6. The average Bonchev–Trinajstić information content (AvgIpc) is 3.39. The fraction of sp³-hybridized carbons (Fsp3) is 0.259. The van der Waals surface area contributed by atoms with Gasteiger partial charge in [0.2, 0.25) is 15.9 Å². The molecule has 1 fully saturated rings. The van der Waals surface area contributed by atoms with Crippen molar-refractivity contribution in [2.45, 2.75) is 37.0 Å². The van der Waals surface area contributed by atoms with Gasteiger partial charge in [0.1, 0.15) is 0 Å². The van der Waals surface area contributed by atoms with E-state index in [0.29, 0.717) is 13.0 Å². The van der Waals surface area contributed by atoms with Crippen LogP contribution >= 0.6 is 23.2 Å². The molecule has 1 atom stereocenters. The highest BCUT2D eigenvalue weighted by Gasteiger charge is 2.46. The summed E-state index contributed by atoms with van der Waals surface area (Å²) in [6.45, 7) is 0.537. The van der Waals surface area contributed by atoms with Crippen LogP contribution < -0.4 is 11.1 Å². The maximum atomic E-state index is 13.6. The first-order valence-electron chi connectivity index (χ1n) is 12.1. The molecule has 0 spiro atoms. The molecule has 1 aliphatic rings. The molecule has 0 aliphatic carbocycles. The number of hydrogen-bond acceptors (Lipinski definition) is 5. The number of hydrogen-bond donors (Lipinski definition) is 2. The normalized spacial score (nSPS) is 16.0. The van der Waals surface area contributed by atoms with Crippen LogP contribution in [0.3, 0.4) is 0 Å². The Hall–Kier alpha value is -2.95. The van der Waals surface area contributed by atoms with Gasteiger partial charge in [-0.25, -0.2) is 8.42 Å². The third-order valence-electron chi connectivity index (χ3n) is 6.35. The van der Waals surface area contributed by atoms with Crippen molar-refractivity contribution in [2.75, 3.05) is 13.1 Å². The molecule has 4 rings (SSSR count). The molecule has 0 aromatic heterocycles. The van der Waals surface area contributed by atoms with Gasteiger partial charge in [-0.3, -0.25) is 9.59 Å². The van der Waals surface area contributed by atoms with Crippen LogP contribution in [0.4, 0.5) is 0 Å². The van der Waals surface area contributed by atoms with E-state index >= 15 is 0 Å². The van der Waals surface area contributed by atoms with Gasteiger partial charge in [-0.15, -0.1) is 0 Å². The van der Waals surface area contributed by atoms with Crippen molar-refractivity contribution >= 4 is 45.0 Å². The van der Waals surface area contributed by atoms with Crippen molar-refractivity contribution < 1.29 is 18.0 Å². The maximum Gasteiger partial charge on any atom is 0.259 e. The lowest BCUT2D eigenvalue weighted by Gasteiger charge is -2.29. The Balaban J connectivity index is 1.59. The molecule has 1 saturated heterocycles. The van der Waals surface area contributed by atoms with Crippen LogP contribution in [0.25, 0.3) is 0 Å². The molecule has 2 amide bonds. The molecule has 0 bridgehead atoms. The zero-order chi connectivity index (χ0) is 27.3. The Labute approximate surface area is 232 Å². The molecule has 3 N–H and O–H groups in total. The summed E-state index contributed by atoms with van der Waals surface area (Å²) in [6.07, 6.45) is -0.751. The third-order valence-corrected chi connectivity index (χ3v) is 8.93. The second-order valence-electron chi connectivity index (χ2n) is 8.88. The van der Waals surface area contributed by atoms with Gasteiger partial charge < -0.3 is 16.0 Å². The standard InChI is InChI=1S/C27H28Cl2N4O4S/c28-23-11-10-22(16-24(23)29)38(36,37)33-14-13-32(25(34)12-9-19-5-2-1-3-6-19)27(33)26(35)31-18-21-8-4-7-20(15-21)17-30/h1-8,10-11,15-16,27H,9,12-14,17-18,30H2,(H,31,35). The summed E-state index contributed by atoms with van der Waals surface area (Å²) in [4.78, 5) is 28.0. The molecule has 38 heavy (non-hydrogen) atoms. The van der Waals surface area contributed by atoms with Crippen molar-refractivity contribution in [2.24, 2.45) is 5.73 Å². The van der Waals surface area contributed by atoms with Crippen LogP contribution in [-0.2, 0) is 39.1 Å². The van der Waals surface area contributed by atoms with E-state index in [1.54, 1.807) is 0 Å². The highest BCUT2D eigenvalue weighted by atomic mass is 35.5. The van der Waals surface area contributed by atoms with Crippen molar-refractivity contribution in [1.29, 1.82) is 0 Å². The molecule has 1 aliphatic heterocycles. The maximum absolute atomic E-state index is 13.6. The zero-order valence-corrected chi connectivity index (χ0v) is 22.8. The molecule has 11 heteroatoms. The van der Waals surface area contributed by atoms with Gasteiger partial charge in [0, 0.05) is 32.6 Å². The number of halogens is 2. The monoisotopic (exact) mass is 574 g/mol. The predicted octanol–water partition coefficient (Wildman–Crippen LogP) is 3.56. The number of rotatable bonds is 9. The smallest absolute Gasteiger partial charge is 0.259 e. The van der Waals surface area contributed by atoms with E-state index in [9.17, 15) is 18.0 Å². The Kier molecular flexibility index (Phi) is 9.07. The number of nitrogens with two attached hydrogens (primary N) is 1. The number of carbonyl (C=O) groups is 2. The fourth-order valence-corrected chi connectivity index (χ4v) is 6.29. The molecular formula is C27H28Cl2N4O4S. The van der Waals surface area contributed by atoms with E-state index in [0.717, 1.165) is 21.0 Å². The largest absolute Gasteiger partial charge is 0.349 e. The van der Waals surface area contributed by atoms with E-state index in [1.807, 2.05) is 54.6 Å². The van der Waals surface area contributed by atoms with Gasteiger partial charge in [0.25, 0.3) is 5.91 Å². The molecular weight excluding hydrogens is 547 g/mol. The Morgan fingerprint density at radius 2 is 1.61 bits per heavy atom. The summed E-state index contributed by atoms with van der Waals surface area (Å²) in [6, 6.07) is 20.9. The molecule has 0 radical (unpaired) electrons. The number of nitrogens with zero attached hydrogens (tertiary/aromatic N) is 2. The van der Waals surface area contributed by atoms with Gasteiger partial charge in [-0.2, -0.15) is 4.31 Å². The first-order valence-corrected chi connectivity index (χ1v) is 14.3. The lowest BCUT2D eigenvalue weighted by atomic mass is 10.1. The Bertz CT molecular complexity index is 1420. The number of carbonyl (C=O) groups excluding carboxylic acids is 2. The number of nitrogens with one attached hydrogen (secondary N) is 1. The Morgan fingerprint density at radius 1 is 0.895 bits per heavy atom. The van der Waals surface area contributed by atoms with Crippen LogP contribution in [0.5, 0.6) is 0 Å². The minimum absolute atomic E-state index is 0.0413. The van der Waals surface area contributed by atoms with Gasteiger partial charge in [0.15, 0.2) is 6.17 Å². The fourth-order valence-electron chi connectivity index (χ4n) is 4.35. The van der Waals surface area contributed by atoms with E-state index in [2.05, 4.69) is 5.32 Å². The van der Waals surface area contributed by atoms with Crippen molar-refractivity contribution in [1.82, 2.24) is 14.5 Å². The average molecular weight is 576 g/mol. The molecule has 1 heterocycles. The highest BCUT2D eigenvalue weighted by Crippen LogP contribution is 2.30. The predicted molar refractivity (Wildman–Crippen MR) is 147 cm³/mol. The number of sulfonamides is 1. The van der Waals surface area contributed by atoms with Crippen molar-refractivity contribution in [3.8, 4) is 0 Å². The third kappa shape index (κ3) is 6.36. The number of amides is 2. The van der Waals surface area contributed by atoms with Crippen molar-refractivity contribution in [3.05, 3.63) is 99.5 Å². The quantitative estimate of drug-likeness (QED) is 0.405. The summed E-state index contributed by atoms with van der Waals surface area (Å²) in [5, 5.41) is 3.08. The van der Waals surface area contributed by atoms with E-state index in [4.69, 9.17) is 28.9 Å². The highest BCUT2D eigenvalue weighted by molar-refractivity contribution is 7.89. The number of aryl methyl sites for hydroxylation is 1. The zero-order valence-electron chi connectivity index (χ0n) is 20.5. The van der Waals surface area contributed by atoms with E-state index in [-0.39, 0.29) is 46.9 Å². The van der Waals surface area contributed by atoms with Crippen LogP contribution in [0.15, 0.2) is 77.7 Å². The molecule has 200 valence electrons.